The maximum atomic E-state index is 3.44. The van der Waals surface area contributed by atoms with E-state index in [9.17, 15) is 0 Å². The Hall–Kier alpha value is -1.25. The van der Waals surface area contributed by atoms with Gasteiger partial charge in [-0.05, 0) is 42.6 Å². The Bertz CT molecular complexity index is 548. The van der Waals surface area contributed by atoms with Crippen molar-refractivity contribution in [1.82, 2.24) is 5.32 Å². The molecule has 0 spiro atoms. The lowest BCUT2D eigenvalue weighted by Crippen LogP contribution is -2.18. The number of rotatable bonds is 7. The van der Waals surface area contributed by atoms with Gasteiger partial charge in [0.25, 0.3) is 0 Å². The zero-order chi connectivity index (χ0) is 15.1. The molecule has 0 saturated heterocycles. The number of hydrogen-bond acceptors (Lipinski definition) is 2. The Morgan fingerprint density at radius 2 is 1.76 bits per heavy atom. The van der Waals surface area contributed by atoms with Crippen molar-refractivity contribution in [2.75, 3.05) is 12.8 Å². The van der Waals surface area contributed by atoms with E-state index in [4.69, 9.17) is 0 Å². The summed E-state index contributed by atoms with van der Waals surface area (Å²) in [6.45, 7) is 4.39. The Morgan fingerprint density at radius 3 is 2.38 bits per heavy atom. The molecule has 0 aromatic heterocycles. The second kappa shape index (κ2) is 8.26. The summed E-state index contributed by atoms with van der Waals surface area (Å²) in [5.41, 5.74) is 5.62. The molecule has 0 amide bonds. The molecule has 0 fully saturated rings. The molecule has 2 aromatic carbocycles. The van der Waals surface area contributed by atoms with E-state index in [1.165, 1.54) is 22.3 Å². The number of aryl methyl sites for hydroxylation is 2. The first-order valence-electron chi connectivity index (χ1n) is 7.63. The number of thioether (sulfide) groups is 1. The fourth-order valence-electron chi connectivity index (χ4n) is 2.39. The second-order valence-electron chi connectivity index (χ2n) is 5.38. The van der Waals surface area contributed by atoms with Gasteiger partial charge in [0, 0.05) is 17.5 Å². The van der Waals surface area contributed by atoms with Crippen LogP contribution in [0.25, 0.3) is 0 Å². The van der Waals surface area contributed by atoms with Gasteiger partial charge < -0.3 is 5.32 Å². The molecule has 0 radical (unpaired) electrons. The molecule has 0 heterocycles. The first-order chi connectivity index (χ1) is 10.2. The van der Waals surface area contributed by atoms with Crippen LogP contribution < -0.4 is 5.32 Å². The van der Waals surface area contributed by atoms with Gasteiger partial charge in [-0.2, -0.15) is 11.8 Å². The Balaban J connectivity index is 1.91. The smallest absolute Gasteiger partial charge is 0.0409 e. The molecule has 0 bridgehead atoms. The maximum Gasteiger partial charge on any atom is 0.0409 e. The van der Waals surface area contributed by atoms with Gasteiger partial charge in [0.05, 0.1) is 0 Å². The van der Waals surface area contributed by atoms with E-state index in [0.717, 1.165) is 17.9 Å². The lowest BCUT2D eigenvalue weighted by Gasteiger charge is -2.17. The van der Waals surface area contributed by atoms with Crippen molar-refractivity contribution >= 4 is 11.8 Å². The van der Waals surface area contributed by atoms with Crippen LogP contribution in [0.2, 0.25) is 0 Å². The lowest BCUT2D eigenvalue weighted by atomic mass is 10.1. The van der Waals surface area contributed by atoms with Crippen molar-refractivity contribution in [3.63, 3.8) is 0 Å². The van der Waals surface area contributed by atoms with Gasteiger partial charge in [0.1, 0.15) is 0 Å². The molecular weight excluding hydrogens is 274 g/mol. The fraction of sp³-hybridized carbons (Fsp3) is 0.368. The van der Waals surface area contributed by atoms with Gasteiger partial charge in [0.15, 0.2) is 0 Å². The molecule has 0 aliphatic heterocycles. The summed E-state index contributed by atoms with van der Waals surface area (Å²) in [6, 6.07) is 18.1. The van der Waals surface area contributed by atoms with Crippen LogP contribution >= 0.6 is 11.8 Å². The van der Waals surface area contributed by atoms with Crippen LogP contribution in [0.1, 0.15) is 35.2 Å². The summed E-state index contributed by atoms with van der Waals surface area (Å²) in [6.07, 6.45) is 1.10. The van der Waals surface area contributed by atoms with Crippen LogP contribution in [0.15, 0.2) is 48.5 Å². The molecule has 0 saturated carbocycles. The standard InChI is InChI=1S/C19H25NS/c1-4-16-9-11-17(12-10-16)19(20-3)14-21-13-18-8-6-5-7-15(18)2/h5-12,19-20H,4,13-14H2,1-3H3. The number of nitrogens with one attached hydrogen (secondary N) is 1. The summed E-state index contributed by atoms with van der Waals surface area (Å²) < 4.78 is 0. The van der Waals surface area contributed by atoms with Crippen LogP contribution in [0.5, 0.6) is 0 Å². The quantitative estimate of drug-likeness (QED) is 0.791. The predicted octanol–water partition coefficient (Wildman–Crippen LogP) is 4.75. The van der Waals surface area contributed by atoms with Gasteiger partial charge >= 0.3 is 0 Å². The SMILES string of the molecule is CCc1ccc(C(CSCc2ccccc2C)NC)cc1. The van der Waals surface area contributed by atoms with Gasteiger partial charge in [-0.3, -0.25) is 0 Å². The topological polar surface area (TPSA) is 12.0 Å². The summed E-state index contributed by atoms with van der Waals surface area (Å²) in [5, 5.41) is 3.44. The monoisotopic (exact) mass is 299 g/mol. The fourth-order valence-corrected chi connectivity index (χ4v) is 3.65. The normalized spacial score (nSPS) is 12.3. The van der Waals surface area contributed by atoms with Crippen LogP contribution in [0.4, 0.5) is 0 Å². The number of benzene rings is 2. The third kappa shape index (κ3) is 4.62. The summed E-state index contributed by atoms with van der Waals surface area (Å²) >= 11 is 2.00. The molecular formula is C19H25NS. The summed E-state index contributed by atoms with van der Waals surface area (Å²) in [7, 11) is 2.05. The number of hydrogen-bond donors (Lipinski definition) is 1. The molecule has 1 N–H and O–H groups in total. The molecule has 2 heteroatoms. The van der Waals surface area contributed by atoms with Crippen molar-refractivity contribution in [3.05, 3.63) is 70.8 Å². The lowest BCUT2D eigenvalue weighted by molar-refractivity contribution is 0.661. The van der Waals surface area contributed by atoms with E-state index in [-0.39, 0.29) is 0 Å². The zero-order valence-electron chi connectivity index (χ0n) is 13.2. The van der Waals surface area contributed by atoms with Gasteiger partial charge in [-0.1, -0.05) is 55.5 Å². The summed E-state index contributed by atoms with van der Waals surface area (Å²) in [5.74, 6) is 2.17. The minimum Gasteiger partial charge on any atom is -0.312 e. The highest BCUT2D eigenvalue weighted by Crippen LogP contribution is 2.22. The second-order valence-corrected chi connectivity index (χ2v) is 6.41. The highest BCUT2D eigenvalue weighted by molar-refractivity contribution is 7.98. The first kappa shape index (κ1) is 16.1. The van der Waals surface area contributed by atoms with Crippen LogP contribution in [-0.4, -0.2) is 12.8 Å². The van der Waals surface area contributed by atoms with Crippen molar-refractivity contribution < 1.29 is 0 Å². The third-order valence-electron chi connectivity index (χ3n) is 3.94. The Morgan fingerprint density at radius 1 is 1.05 bits per heavy atom. The minimum absolute atomic E-state index is 0.421. The van der Waals surface area contributed by atoms with Crippen LogP contribution in [0, 0.1) is 6.92 Å². The molecule has 21 heavy (non-hydrogen) atoms. The van der Waals surface area contributed by atoms with E-state index in [1.807, 2.05) is 18.8 Å². The third-order valence-corrected chi connectivity index (χ3v) is 5.03. The van der Waals surface area contributed by atoms with E-state index in [0.29, 0.717) is 6.04 Å². The molecule has 112 valence electrons. The average Bonchev–Trinajstić information content (AvgIpc) is 2.53. The first-order valence-corrected chi connectivity index (χ1v) is 8.78. The Labute approximate surface area is 133 Å². The van der Waals surface area contributed by atoms with Gasteiger partial charge in [-0.25, -0.2) is 0 Å². The molecule has 2 rings (SSSR count). The molecule has 2 aromatic rings. The van der Waals surface area contributed by atoms with Crippen molar-refractivity contribution in [2.45, 2.75) is 32.1 Å². The molecule has 0 aliphatic rings. The molecule has 1 nitrogen and oxygen atoms in total. The predicted molar refractivity (Wildman–Crippen MR) is 95.0 cm³/mol. The maximum absolute atomic E-state index is 3.44. The molecule has 0 aliphatic carbocycles. The highest BCUT2D eigenvalue weighted by atomic mass is 32.2. The average molecular weight is 299 g/mol. The van der Waals surface area contributed by atoms with Gasteiger partial charge in [0.2, 0.25) is 0 Å². The van der Waals surface area contributed by atoms with E-state index < -0.39 is 0 Å². The van der Waals surface area contributed by atoms with Crippen molar-refractivity contribution in [1.29, 1.82) is 0 Å². The van der Waals surface area contributed by atoms with E-state index >= 15 is 0 Å². The zero-order valence-corrected chi connectivity index (χ0v) is 14.0. The highest BCUT2D eigenvalue weighted by Gasteiger charge is 2.09. The largest absolute Gasteiger partial charge is 0.312 e. The summed E-state index contributed by atoms with van der Waals surface area (Å²) in [4.78, 5) is 0. The molecule has 1 atom stereocenters. The van der Waals surface area contributed by atoms with Crippen LogP contribution in [-0.2, 0) is 12.2 Å². The van der Waals surface area contributed by atoms with Gasteiger partial charge in [-0.15, -0.1) is 0 Å². The molecule has 1 unspecified atom stereocenters. The van der Waals surface area contributed by atoms with Crippen LogP contribution in [0.3, 0.4) is 0 Å². The Kier molecular flexibility index (Phi) is 6.34. The van der Waals surface area contributed by atoms with E-state index in [2.05, 4.69) is 67.7 Å². The minimum atomic E-state index is 0.421. The van der Waals surface area contributed by atoms with Crippen molar-refractivity contribution in [2.24, 2.45) is 0 Å². The van der Waals surface area contributed by atoms with Crippen molar-refractivity contribution in [3.8, 4) is 0 Å². The van der Waals surface area contributed by atoms with E-state index in [1.54, 1.807) is 0 Å².